The molecular formula is C14H14O. The molecule has 2 aromatic rings. The quantitative estimate of drug-likeness (QED) is 0.737. The Hall–Kier alpha value is -1.76. The lowest BCUT2D eigenvalue weighted by Crippen LogP contribution is -1.80. The number of fused-ring (bicyclic) bond motifs is 1. The van der Waals surface area contributed by atoms with E-state index < -0.39 is 0 Å². The van der Waals surface area contributed by atoms with Crippen molar-refractivity contribution in [3.63, 3.8) is 0 Å². The van der Waals surface area contributed by atoms with E-state index in [0.717, 1.165) is 21.9 Å². The predicted octanol–water partition coefficient (Wildman–Crippen LogP) is 3.89. The maximum atomic E-state index is 9.86. The third-order valence-corrected chi connectivity index (χ3v) is 2.58. The Balaban J connectivity index is 2.69. The minimum atomic E-state index is 0.388. The molecule has 1 heteroatoms. The van der Waals surface area contributed by atoms with Gasteiger partial charge in [0, 0.05) is 5.39 Å². The van der Waals surface area contributed by atoms with Gasteiger partial charge in [0.15, 0.2) is 0 Å². The zero-order valence-electron chi connectivity index (χ0n) is 8.99. The molecule has 0 unspecified atom stereocenters. The maximum Gasteiger partial charge on any atom is 0.126 e. The van der Waals surface area contributed by atoms with E-state index in [1.807, 2.05) is 44.2 Å². The van der Waals surface area contributed by atoms with Crippen molar-refractivity contribution in [1.29, 1.82) is 0 Å². The minimum Gasteiger partial charge on any atom is -0.507 e. The Kier molecular flexibility index (Phi) is 2.46. The minimum absolute atomic E-state index is 0.388. The van der Waals surface area contributed by atoms with E-state index in [1.165, 1.54) is 0 Å². The number of hydrogen-bond donors (Lipinski definition) is 1. The van der Waals surface area contributed by atoms with Crippen LogP contribution in [0.2, 0.25) is 0 Å². The predicted molar refractivity (Wildman–Crippen MR) is 65.1 cm³/mol. The highest BCUT2D eigenvalue weighted by atomic mass is 16.3. The van der Waals surface area contributed by atoms with Crippen LogP contribution in [-0.4, -0.2) is 5.11 Å². The molecular weight excluding hydrogens is 184 g/mol. The highest BCUT2D eigenvalue weighted by Crippen LogP contribution is 2.28. The first kappa shape index (κ1) is 9.78. The molecule has 2 rings (SSSR count). The second-order valence-corrected chi connectivity index (χ2v) is 3.71. The van der Waals surface area contributed by atoms with Gasteiger partial charge in [0.05, 0.1) is 0 Å². The van der Waals surface area contributed by atoms with Gasteiger partial charge in [0.25, 0.3) is 0 Å². The molecule has 0 aromatic heterocycles. The van der Waals surface area contributed by atoms with Crippen molar-refractivity contribution in [2.24, 2.45) is 0 Å². The topological polar surface area (TPSA) is 20.2 Å². The molecule has 0 atom stereocenters. The van der Waals surface area contributed by atoms with Gasteiger partial charge in [-0.15, -0.1) is 0 Å². The molecule has 1 nitrogen and oxygen atoms in total. The van der Waals surface area contributed by atoms with E-state index in [2.05, 4.69) is 12.1 Å². The third kappa shape index (κ3) is 1.73. The van der Waals surface area contributed by atoms with Gasteiger partial charge in [-0.05, 0) is 36.4 Å². The van der Waals surface area contributed by atoms with Crippen LogP contribution in [0.15, 0.2) is 36.4 Å². The highest BCUT2D eigenvalue weighted by Gasteiger charge is 2.02. The van der Waals surface area contributed by atoms with Crippen LogP contribution >= 0.6 is 0 Å². The Bertz CT molecular complexity index is 524. The molecule has 0 bridgehead atoms. The van der Waals surface area contributed by atoms with Crippen LogP contribution in [0, 0.1) is 6.92 Å². The van der Waals surface area contributed by atoms with E-state index in [1.54, 1.807) is 0 Å². The Labute approximate surface area is 89.7 Å². The van der Waals surface area contributed by atoms with Crippen molar-refractivity contribution in [3.05, 3.63) is 47.5 Å². The van der Waals surface area contributed by atoms with Gasteiger partial charge in [0.1, 0.15) is 5.75 Å². The molecule has 0 heterocycles. The van der Waals surface area contributed by atoms with Crippen molar-refractivity contribution >= 4 is 16.8 Å². The van der Waals surface area contributed by atoms with E-state index in [4.69, 9.17) is 0 Å². The molecule has 0 aliphatic rings. The fourth-order valence-corrected chi connectivity index (χ4v) is 1.74. The fourth-order valence-electron chi connectivity index (χ4n) is 1.74. The summed E-state index contributed by atoms with van der Waals surface area (Å²) in [5.41, 5.74) is 2.08. The van der Waals surface area contributed by atoms with Crippen LogP contribution in [0.5, 0.6) is 5.75 Å². The lowest BCUT2D eigenvalue weighted by molar-refractivity contribution is 0.477. The molecule has 76 valence electrons. The molecule has 0 spiro atoms. The zero-order valence-corrected chi connectivity index (χ0v) is 8.99. The summed E-state index contributed by atoms with van der Waals surface area (Å²) in [6, 6.07) is 10.0. The Morgan fingerprint density at radius 3 is 2.67 bits per heavy atom. The SMILES string of the molecule is CC=Cc1ccc2c(O)c(C)ccc2c1. The van der Waals surface area contributed by atoms with Crippen molar-refractivity contribution in [3.8, 4) is 5.75 Å². The van der Waals surface area contributed by atoms with Crippen LogP contribution in [0.3, 0.4) is 0 Å². The third-order valence-electron chi connectivity index (χ3n) is 2.58. The van der Waals surface area contributed by atoms with Crippen molar-refractivity contribution in [1.82, 2.24) is 0 Å². The number of rotatable bonds is 1. The number of hydrogen-bond acceptors (Lipinski definition) is 1. The second kappa shape index (κ2) is 3.77. The normalized spacial score (nSPS) is 11.3. The van der Waals surface area contributed by atoms with Gasteiger partial charge in [-0.2, -0.15) is 0 Å². The largest absolute Gasteiger partial charge is 0.507 e. The molecule has 0 saturated heterocycles. The summed E-state index contributed by atoms with van der Waals surface area (Å²) in [7, 11) is 0. The van der Waals surface area contributed by atoms with Crippen molar-refractivity contribution in [2.45, 2.75) is 13.8 Å². The van der Waals surface area contributed by atoms with Gasteiger partial charge in [-0.25, -0.2) is 0 Å². The monoisotopic (exact) mass is 198 g/mol. The highest BCUT2D eigenvalue weighted by molar-refractivity contribution is 5.90. The number of aryl methyl sites for hydroxylation is 1. The summed E-state index contributed by atoms with van der Waals surface area (Å²) in [6.07, 6.45) is 4.06. The fraction of sp³-hybridized carbons (Fsp3) is 0.143. The summed E-state index contributed by atoms with van der Waals surface area (Å²) < 4.78 is 0. The van der Waals surface area contributed by atoms with Gasteiger partial charge < -0.3 is 5.11 Å². The lowest BCUT2D eigenvalue weighted by atomic mass is 10.0. The van der Waals surface area contributed by atoms with E-state index >= 15 is 0 Å². The summed E-state index contributed by atoms with van der Waals surface area (Å²) in [5.74, 6) is 0.388. The summed E-state index contributed by atoms with van der Waals surface area (Å²) in [6.45, 7) is 3.91. The number of allylic oxidation sites excluding steroid dienone is 1. The van der Waals surface area contributed by atoms with Crippen LogP contribution in [0.25, 0.3) is 16.8 Å². The summed E-state index contributed by atoms with van der Waals surface area (Å²) in [4.78, 5) is 0. The van der Waals surface area contributed by atoms with E-state index in [9.17, 15) is 5.11 Å². The average molecular weight is 198 g/mol. The van der Waals surface area contributed by atoms with Gasteiger partial charge in [0.2, 0.25) is 0 Å². The van der Waals surface area contributed by atoms with Crippen LogP contribution in [0.4, 0.5) is 0 Å². The second-order valence-electron chi connectivity index (χ2n) is 3.71. The van der Waals surface area contributed by atoms with Crippen molar-refractivity contribution in [2.75, 3.05) is 0 Å². The molecule has 0 aliphatic carbocycles. The van der Waals surface area contributed by atoms with Gasteiger partial charge >= 0.3 is 0 Å². The molecule has 0 fully saturated rings. The molecule has 15 heavy (non-hydrogen) atoms. The van der Waals surface area contributed by atoms with Crippen LogP contribution in [0.1, 0.15) is 18.1 Å². The molecule has 0 amide bonds. The van der Waals surface area contributed by atoms with E-state index in [0.29, 0.717) is 5.75 Å². The zero-order chi connectivity index (χ0) is 10.8. The van der Waals surface area contributed by atoms with Crippen molar-refractivity contribution < 1.29 is 5.11 Å². The van der Waals surface area contributed by atoms with E-state index in [-0.39, 0.29) is 0 Å². The van der Waals surface area contributed by atoms with Crippen LogP contribution < -0.4 is 0 Å². The Morgan fingerprint density at radius 2 is 1.93 bits per heavy atom. The molecule has 1 N–H and O–H groups in total. The molecule has 0 radical (unpaired) electrons. The number of phenolic OH excluding ortho intramolecular Hbond substituents is 1. The summed E-state index contributed by atoms with van der Waals surface area (Å²) in [5, 5.41) is 11.9. The average Bonchev–Trinajstić information content (AvgIpc) is 2.24. The Morgan fingerprint density at radius 1 is 1.13 bits per heavy atom. The van der Waals surface area contributed by atoms with Gasteiger partial charge in [-0.1, -0.05) is 36.4 Å². The standard InChI is InChI=1S/C14H14O/c1-3-4-11-6-8-13-12(9-11)7-5-10(2)14(13)15/h3-9,15H,1-2H3. The smallest absolute Gasteiger partial charge is 0.126 e. The molecule has 0 aliphatic heterocycles. The first-order valence-electron chi connectivity index (χ1n) is 5.07. The first-order chi connectivity index (χ1) is 7.22. The van der Waals surface area contributed by atoms with Crippen LogP contribution in [-0.2, 0) is 0 Å². The molecule has 2 aromatic carbocycles. The van der Waals surface area contributed by atoms with Gasteiger partial charge in [-0.3, -0.25) is 0 Å². The first-order valence-corrected chi connectivity index (χ1v) is 5.07. The number of aromatic hydroxyl groups is 1. The lowest BCUT2D eigenvalue weighted by Gasteiger charge is -2.04. The summed E-state index contributed by atoms with van der Waals surface area (Å²) >= 11 is 0. The number of phenols is 1. The number of benzene rings is 2. The maximum absolute atomic E-state index is 9.86. The molecule has 0 saturated carbocycles.